The van der Waals surface area contributed by atoms with E-state index < -0.39 is 9.84 Å². The summed E-state index contributed by atoms with van der Waals surface area (Å²) in [6.07, 6.45) is 2.99. The van der Waals surface area contributed by atoms with Gasteiger partial charge in [-0.15, -0.1) is 0 Å². The maximum absolute atomic E-state index is 13.3. The molecule has 1 fully saturated rings. The molecule has 3 aromatic rings. The number of piperidine rings is 1. The minimum atomic E-state index is -3.91. The highest BCUT2D eigenvalue weighted by Crippen LogP contribution is 2.36. The SMILES string of the molecule is O=S(=O)(c1ccc(Cl)cc1)c1nc(-c2ccc(F)cc2)oc1N1CCCCC1. The Hall–Kier alpha value is -2.38. The van der Waals surface area contributed by atoms with Gasteiger partial charge in [0, 0.05) is 23.7 Å². The smallest absolute Gasteiger partial charge is 0.236 e. The zero-order valence-corrected chi connectivity index (χ0v) is 16.5. The fourth-order valence-corrected chi connectivity index (χ4v) is 4.66. The van der Waals surface area contributed by atoms with E-state index in [1.54, 1.807) is 0 Å². The van der Waals surface area contributed by atoms with Gasteiger partial charge in [0.05, 0.1) is 4.90 Å². The van der Waals surface area contributed by atoms with Gasteiger partial charge in [-0.1, -0.05) is 11.6 Å². The number of benzene rings is 2. The van der Waals surface area contributed by atoms with Crippen LogP contribution in [0, 0.1) is 5.82 Å². The number of anilines is 1. The first kappa shape index (κ1) is 19.0. The number of nitrogens with zero attached hydrogens (tertiary/aromatic N) is 2. The number of hydrogen-bond donors (Lipinski definition) is 0. The minimum absolute atomic E-state index is 0.0918. The van der Waals surface area contributed by atoms with Crippen LogP contribution in [0.4, 0.5) is 10.3 Å². The highest BCUT2D eigenvalue weighted by Gasteiger charge is 2.32. The lowest BCUT2D eigenvalue weighted by molar-refractivity contribution is 0.499. The van der Waals surface area contributed by atoms with Crippen molar-refractivity contribution in [3.05, 3.63) is 59.4 Å². The molecule has 2 heterocycles. The Labute approximate surface area is 167 Å². The molecule has 2 aromatic carbocycles. The third-order valence-corrected chi connectivity index (χ3v) is 6.61. The third-order valence-electron chi connectivity index (χ3n) is 4.69. The molecule has 0 saturated carbocycles. The summed E-state index contributed by atoms with van der Waals surface area (Å²) < 4.78 is 45.7. The molecule has 0 spiro atoms. The van der Waals surface area contributed by atoms with Crippen molar-refractivity contribution in [2.75, 3.05) is 18.0 Å². The molecule has 0 aliphatic carbocycles. The number of halogens is 2. The fraction of sp³-hybridized carbons (Fsp3) is 0.250. The first-order valence-corrected chi connectivity index (χ1v) is 10.8. The number of aromatic nitrogens is 1. The molecule has 0 bridgehead atoms. The van der Waals surface area contributed by atoms with Crippen LogP contribution in [0.25, 0.3) is 11.5 Å². The Bertz CT molecular complexity index is 1070. The molecule has 1 saturated heterocycles. The van der Waals surface area contributed by atoms with Crippen molar-refractivity contribution in [1.29, 1.82) is 0 Å². The van der Waals surface area contributed by atoms with Crippen molar-refractivity contribution < 1.29 is 17.2 Å². The molecule has 5 nitrogen and oxygen atoms in total. The topological polar surface area (TPSA) is 63.4 Å². The molecule has 0 unspecified atom stereocenters. The van der Waals surface area contributed by atoms with Crippen LogP contribution in [0.3, 0.4) is 0 Å². The minimum Gasteiger partial charge on any atom is -0.419 e. The van der Waals surface area contributed by atoms with Crippen LogP contribution >= 0.6 is 11.6 Å². The van der Waals surface area contributed by atoms with Crippen molar-refractivity contribution >= 4 is 27.3 Å². The van der Waals surface area contributed by atoms with E-state index >= 15 is 0 Å². The molecule has 4 rings (SSSR count). The Kier molecular flexibility index (Phi) is 5.12. The van der Waals surface area contributed by atoms with Gasteiger partial charge in [0.25, 0.3) is 0 Å². The Balaban J connectivity index is 1.84. The van der Waals surface area contributed by atoms with Gasteiger partial charge in [0.2, 0.25) is 26.6 Å². The van der Waals surface area contributed by atoms with E-state index in [0.717, 1.165) is 19.3 Å². The molecular formula is C20H18ClFN2O3S. The van der Waals surface area contributed by atoms with Crippen LogP contribution in [-0.2, 0) is 9.84 Å². The number of hydrogen-bond acceptors (Lipinski definition) is 5. The molecule has 28 heavy (non-hydrogen) atoms. The molecule has 8 heteroatoms. The highest BCUT2D eigenvalue weighted by atomic mass is 35.5. The summed E-state index contributed by atoms with van der Waals surface area (Å²) in [5.74, 6) is -0.0114. The molecule has 1 aromatic heterocycles. The van der Waals surface area contributed by atoms with Crippen molar-refractivity contribution in [3.8, 4) is 11.5 Å². The second-order valence-electron chi connectivity index (χ2n) is 6.64. The molecule has 0 radical (unpaired) electrons. The lowest BCUT2D eigenvalue weighted by Gasteiger charge is -2.26. The summed E-state index contributed by atoms with van der Waals surface area (Å²) in [5, 5.41) is 0.318. The Morgan fingerprint density at radius 3 is 2.25 bits per heavy atom. The van der Waals surface area contributed by atoms with Crippen molar-refractivity contribution in [3.63, 3.8) is 0 Å². The van der Waals surface area contributed by atoms with Crippen LogP contribution in [0.5, 0.6) is 0 Å². The molecule has 0 atom stereocenters. The van der Waals surface area contributed by atoms with E-state index in [-0.39, 0.29) is 27.5 Å². The van der Waals surface area contributed by atoms with Crippen LogP contribution < -0.4 is 4.90 Å². The van der Waals surface area contributed by atoms with Gasteiger partial charge in [-0.05, 0) is 67.8 Å². The molecule has 0 N–H and O–H groups in total. The number of oxazole rings is 1. The summed E-state index contributed by atoms with van der Waals surface area (Å²) in [7, 11) is -3.91. The standard InChI is InChI=1S/C20H18ClFN2O3S/c21-15-6-10-17(11-7-15)28(25,26)19-20(24-12-2-1-3-13-24)27-18(23-19)14-4-8-16(22)9-5-14/h4-11H,1-3,12-13H2. The first-order valence-electron chi connectivity index (χ1n) is 8.97. The fourth-order valence-electron chi connectivity index (χ4n) is 3.21. The van der Waals surface area contributed by atoms with Gasteiger partial charge in [-0.3, -0.25) is 0 Å². The summed E-state index contributed by atoms with van der Waals surface area (Å²) in [5.41, 5.74) is 0.511. The third kappa shape index (κ3) is 3.64. The average molecular weight is 421 g/mol. The quantitative estimate of drug-likeness (QED) is 0.597. The summed E-state index contributed by atoms with van der Waals surface area (Å²) in [4.78, 5) is 6.30. The van der Waals surface area contributed by atoms with E-state index in [4.69, 9.17) is 16.0 Å². The van der Waals surface area contributed by atoms with E-state index in [9.17, 15) is 12.8 Å². The van der Waals surface area contributed by atoms with Gasteiger partial charge in [0.15, 0.2) is 0 Å². The zero-order chi connectivity index (χ0) is 19.7. The van der Waals surface area contributed by atoms with E-state index in [0.29, 0.717) is 23.7 Å². The maximum atomic E-state index is 13.3. The van der Waals surface area contributed by atoms with E-state index in [1.807, 2.05) is 4.90 Å². The predicted molar refractivity (Wildman–Crippen MR) is 105 cm³/mol. The average Bonchev–Trinajstić information content (AvgIpc) is 3.16. The first-order chi connectivity index (χ1) is 13.4. The van der Waals surface area contributed by atoms with E-state index in [2.05, 4.69) is 4.98 Å². The van der Waals surface area contributed by atoms with Gasteiger partial charge in [-0.2, -0.15) is 4.98 Å². The molecule has 1 aliphatic rings. The van der Waals surface area contributed by atoms with Crippen LogP contribution in [0.2, 0.25) is 5.02 Å². The Morgan fingerprint density at radius 2 is 1.61 bits per heavy atom. The van der Waals surface area contributed by atoms with E-state index in [1.165, 1.54) is 48.5 Å². The second kappa shape index (κ2) is 7.56. The lowest BCUT2D eigenvalue weighted by atomic mass is 10.1. The van der Waals surface area contributed by atoms with Crippen molar-refractivity contribution in [2.45, 2.75) is 29.2 Å². The highest BCUT2D eigenvalue weighted by molar-refractivity contribution is 7.91. The maximum Gasteiger partial charge on any atom is 0.236 e. The van der Waals surface area contributed by atoms with Gasteiger partial charge in [0.1, 0.15) is 5.82 Å². The van der Waals surface area contributed by atoms with Crippen molar-refractivity contribution in [1.82, 2.24) is 4.98 Å². The van der Waals surface area contributed by atoms with Crippen LogP contribution in [0.1, 0.15) is 19.3 Å². The summed E-state index contributed by atoms with van der Waals surface area (Å²) in [6.45, 7) is 1.39. The molecule has 1 aliphatic heterocycles. The van der Waals surface area contributed by atoms with Gasteiger partial charge >= 0.3 is 0 Å². The predicted octanol–water partition coefficient (Wildman–Crippen LogP) is 4.96. The monoisotopic (exact) mass is 420 g/mol. The van der Waals surface area contributed by atoms with Gasteiger partial charge in [-0.25, -0.2) is 12.8 Å². The van der Waals surface area contributed by atoms with Gasteiger partial charge < -0.3 is 9.32 Å². The molecule has 146 valence electrons. The largest absolute Gasteiger partial charge is 0.419 e. The summed E-state index contributed by atoms with van der Waals surface area (Å²) in [6, 6.07) is 11.5. The number of sulfone groups is 1. The van der Waals surface area contributed by atoms with Crippen molar-refractivity contribution in [2.24, 2.45) is 0 Å². The number of rotatable bonds is 4. The lowest BCUT2D eigenvalue weighted by Crippen LogP contribution is -2.30. The molecule has 0 amide bonds. The summed E-state index contributed by atoms with van der Waals surface area (Å²) >= 11 is 5.89. The zero-order valence-electron chi connectivity index (χ0n) is 14.9. The molecular weight excluding hydrogens is 403 g/mol. The second-order valence-corrected chi connectivity index (χ2v) is 8.94. The Morgan fingerprint density at radius 1 is 0.964 bits per heavy atom. The van der Waals surface area contributed by atoms with Crippen LogP contribution in [-0.4, -0.2) is 26.5 Å². The van der Waals surface area contributed by atoms with Crippen LogP contribution in [0.15, 0.2) is 62.9 Å². The normalized spacial score (nSPS) is 15.0.